The average molecular weight is 264 g/mol. The SMILES string of the molecule is CNC(c1nccnc1OC)C1(N(C)C)CCCC1. The summed E-state index contributed by atoms with van der Waals surface area (Å²) < 4.78 is 5.38. The molecule has 1 atom stereocenters. The number of nitrogens with one attached hydrogen (secondary N) is 1. The molecule has 0 saturated heterocycles. The summed E-state index contributed by atoms with van der Waals surface area (Å²) in [7, 11) is 7.94. The number of rotatable bonds is 5. The average Bonchev–Trinajstić information content (AvgIpc) is 2.91. The molecule has 1 aromatic rings. The quantitative estimate of drug-likeness (QED) is 0.876. The first-order valence-corrected chi connectivity index (χ1v) is 6.85. The normalized spacial score (nSPS) is 19.6. The van der Waals surface area contributed by atoms with Crippen LogP contribution in [0.15, 0.2) is 12.4 Å². The monoisotopic (exact) mass is 264 g/mol. The van der Waals surface area contributed by atoms with E-state index in [0.29, 0.717) is 5.88 Å². The molecular formula is C14H24N4O. The van der Waals surface area contributed by atoms with Crippen molar-refractivity contribution in [2.75, 3.05) is 28.3 Å². The van der Waals surface area contributed by atoms with Crippen molar-refractivity contribution in [2.45, 2.75) is 37.3 Å². The Hall–Kier alpha value is -1.20. The van der Waals surface area contributed by atoms with Gasteiger partial charge in [-0.1, -0.05) is 12.8 Å². The summed E-state index contributed by atoms with van der Waals surface area (Å²) in [5.41, 5.74) is 1.00. The van der Waals surface area contributed by atoms with E-state index in [-0.39, 0.29) is 11.6 Å². The summed E-state index contributed by atoms with van der Waals surface area (Å²) in [6.07, 6.45) is 8.28. The van der Waals surface area contributed by atoms with E-state index in [2.05, 4.69) is 34.3 Å². The van der Waals surface area contributed by atoms with Crippen molar-refractivity contribution < 1.29 is 4.74 Å². The lowest BCUT2D eigenvalue weighted by molar-refractivity contribution is 0.104. The third-order valence-corrected chi connectivity index (χ3v) is 4.34. The first-order chi connectivity index (χ1) is 9.15. The van der Waals surface area contributed by atoms with Crippen molar-refractivity contribution in [3.8, 4) is 5.88 Å². The fourth-order valence-corrected chi connectivity index (χ4v) is 3.33. The topological polar surface area (TPSA) is 50.3 Å². The van der Waals surface area contributed by atoms with E-state index in [9.17, 15) is 0 Å². The van der Waals surface area contributed by atoms with E-state index in [0.717, 1.165) is 5.69 Å². The van der Waals surface area contributed by atoms with Crippen molar-refractivity contribution in [2.24, 2.45) is 0 Å². The Morgan fingerprint density at radius 1 is 1.26 bits per heavy atom. The Balaban J connectivity index is 2.43. The molecule has 0 aromatic carbocycles. The number of nitrogens with zero attached hydrogens (tertiary/aromatic N) is 3. The molecule has 1 aromatic heterocycles. The second-order valence-electron chi connectivity index (χ2n) is 5.38. The van der Waals surface area contributed by atoms with Crippen LogP contribution in [-0.2, 0) is 0 Å². The van der Waals surface area contributed by atoms with E-state index in [1.807, 2.05) is 7.05 Å². The lowest BCUT2D eigenvalue weighted by Gasteiger charge is -2.42. The zero-order valence-corrected chi connectivity index (χ0v) is 12.3. The molecule has 1 fully saturated rings. The van der Waals surface area contributed by atoms with E-state index in [1.165, 1.54) is 25.7 Å². The number of likely N-dealkylation sites (N-methyl/N-ethyl adjacent to an activating group) is 2. The highest BCUT2D eigenvalue weighted by molar-refractivity contribution is 5.26. The Labute approximate surface area is 115 Å². The highest BCUT2D eigenvalue weighted by Crippen LogP contribution is 2.44. The largest absolute Gasteiger partial charge is 0.480 e. The van der Waals surface area contributed by atoms with E-state index < -0.39 is 0 Å². The van der Waals surface area contributed by atoms with Gasteiger partial charge in [-0.3, -0.25) is 4.98 Å². The van der Waals surface area contributed by atoms with Gasteiger partial charge in [-0.05, 0) is 34.0 Å². The second kappa shape index (κ2) is 5.84. The van der Waals surface area contributed by atoms with Crippen LogP contribution >= 0.6 is 0 Å². The molecule has 1 unspecified atom stereocenters. The first kappa shape index (κ1) is 14.2. The Morgan fingerprint density at radius 3 is 2.42 bits per heavy atom. The zero-order chi connectivity index (χ0) is 13.9. The van der Waals surface area contributed by atoms with Crippen molar-refractivity contribution in [1.82, 2.24) is 20.2 Å². The third-order valence-electron chi connectivity index (χ3n) is 4.34. The van der Waals surface area contributed by atoms with Crippen molar-refractivity contribution >= 4 is 0 Å². The van der Waals surface area contributed by atoms with Gasteiger partial charge >= 0.3 is 0 Å². The van der Waals surface area contributed by atoms with Crippen LogP contribution in [0.25, 0.3) is 0 Å². The van der Waals surface area contributed by atoms with Crippen LogP contribution in [0.3, 0.4) is 0 Å². The first-order valence-electron chi connectivity index (χ1n) is 6.85. The van der Waals surface area contributed by atoms with Crippen LogP contribution in [-0.4, -0.2) is 48.7 Å². The van der Waals surface area contributed by atoms with Crippen LogP contribution in [0, 0.1) is 0 Å². The molecule has 0 aliphatic heterocycles. The number of aromatic nitrogens is 2. The molecule has 1 saturated carbocycles. The van der Waals surface area contributed by atoms with Gasteiger partial charge in [0.2, 0.25) is 5.88 Å². The third kappa shape index (κ3) is 2.44. The Kier molecular flexibility index (Phi) is 4.37. The van der Waals surface area contributed by atoms with Crippen LogP contribution in [0.5, 0.6) is 5.88 Å². The van der Waals surface area contributed by atoms with Gasteiger partial charge in [-0.2, -0.15) is 0 Å². The van der Waals surface area contributed by atoms with Gasteiger partial charge in [0, 0.05) is 17.9 Å². The van der Waals surface area contributed by atoms with Gasteiger partial charge in [-0.15, -0.1) is 0 Å². The van der Waals surface area contributed by atoms with Crippen LogP contribution in [0.2, 0.25) is 0 Å². The predicted octanol–water partition coefficient (Wildman–Crippen LogP) is 1.62. The molecule has 0 radical (unpaired) electrons. The van der Waals surface area contributed by atoms with Crippen molar-refractivity contribution in [1.29, 1.82) is 0 Å². The molecule has 19 heavy (non-hydrogen) atoms. The molecule has 106 valence electrons. The number of methoxy groups -OCH3 is 1. The lowest BCUT2D eigenvalue weighted by Crippen LogP contribution is -2.51. The summed E-state index contributed by atoms with van der Waals surface area (Å²) >= 11 is 0. The summed E-state index contributed by atoms with van der Waals surface area (Å²) in [6.45, 7) is 0. The van der Waals surface area contributed by atoms with Gasteiger partial charge in [0.15, 0.2) is 0 Å². The van der Waals surface area contributed by atoms with Gasteiger partial charge in [0.1, 0.15) is 5.69 Å². The summed E-state index contributed by atoms with van der Waals surface area (Å²) in [5, 5.41) is 3.43. The molecule has 1 N–H and O–H groups in total. The summed E-state index contributed by atoms with van der Waals surface area (Å²) in [5.74, 6) is 0.620. The van der Waals surface area contributed by atoms with Gasteiger partial charge < -0.3 is 15.0 Å². The van der Waals surface area contributed by atoms with E-state index >= 15 is 0 Å². The van der Waals surface area contributed by atoms with E-state index in [4.69, 9.17) is 4.74 Å². The molecule has 2 rings (SSSR count). The summed E-state index contributed by atoms with van der Waals surface area (Å²) in [6, 6.07) is 0.133. The molecular weight excluding hydrogens is 240 g/mol. The maximum Gasteiger partial charge on any atom is 0.237 e. The predicted molar refractivity (Wildman–Crippen MR) is 75.3 cm³/mol. The van der Waals surface area contributed by atoms with Crippen LogP contribution in [0.4, 0.5) is 0 Å². The molecule has 0 spiro atoms. The number of hydrogen-bond donors (Lipinski definition) is 1. The molecule has 5 heteroatoms. The molecule has 1 aliphatic rings. The van der Waals surface area contributed by atoms with E-state index in [1.54, 1.807) is 19.5 Å². The molecule has 1 aliphatic carbocycles. The van der Waals surface area contributed by atoms with Gasteiger partial charge in [0.25, 0.3) is 0 Å². The minimum atomic E-state index is 0.0953. The molecule has 1 heterocycles. The fraction of sp³-hybridized carbons (Fsp3) is 0.714. The van der Waals surface area contributed by atoms with Gasteiger partial charge in [0.05, 0.1) is 13.2 Å². The lowest BCUT2D eigenvalue weighted by atomic mass is 9.84. The minimum absolute atomic E-state index is 0.0953. The van der Waals surface area contributed by atoms with Gasteiger partial charge in [-0.25, -0.2) is 4.98 Å². The highest BCUT2D eigenvalue weighted by Gasteiger charge is 2.45. The smallest absolute Gasteiger partial charge is 0.237 e. The van der Waals surface area contributed by atoms with Crippen LogP contribution in [0.1, 0.15) is 37.4 Å². The van der Waals surface area contributed by atoms with Crippen LogP contribution < -0.4 is 10.1 Å². The summed E-state index contributed by atoms with van der Waals surface area (Å²) in [4.78, 5) is 11.1. The van der Waals surface area contributed by atoms with Crippen molar-refractivity contribution in [3.05, 3.63) is 18.1 Å². The maximum atomic E-state index is 5.38. The maximum absolute atomic E-state index is 5.38. The fourth-order valence-electron chi connectivity index (χ4n) is 3.33. The molecule has 5 nitrogen and oxygen atoms in total. The second-order valence-corrected chi connectivity index (χ2v) is 5.38. The number of ether oxygens (including phenoxy) is 1. The standard InChI is InChI=1S/C14H24N4O/c1-15-12(11-13(19-4)17-10-9-16-11)14(18(2)3)7-5-6-8-14/h9-10,12,15H,5-8H2,1-4H3. The molecule has 0 amide bonds. The Bertz CT molecular complexity index is 416. The Morgan fingerprint density at radius 2 is 1.89 bits per heavy atom. The minimum Gasteiger partial charge on any atom is -0.480 e. The highest BCUT2D eigenvalue weighted by atomic mass is 16.5. The van der Waals surface area contributed by atoms with Crippen molar-refractivity contribution in [3.63, 3.8) is 0 Å². The molecule has 0 bridgehead atoms. The number of hydrogen-bond acceptors (Lipinski definition) is 5. The zero-order valence-electron chi connectivity index (χ0n) is 12.3.